The quantitative estimate of drug-likeness (QED) is 0.349. The summed E-state index contributed by atoms with van der Waals surface area (Å²) >= 11 is 6.92. The van der Waals surface area contributed by atoms with Gasteiger partial charge in [0.15, 0.2) is 5.78 Å². The molecule has 3 aromatic carbocycles. The fourth-order valence-electron chi connectivity index (χ4n) is 2.90. The van der Waals surface area contributed by atoms with Crippen molar-refractivity contribution in [3.8, 4) is 0 Å². The van der Waals surface area contributed by atoms with Gasteiger partial charge in [0, 0.05) is 10.0 Å². The van der Waals surface area contributed by atoms with Crippen LogP contribution < -0.4 is 0 Å². The van der Waals surface area contributed by atoms with Crippen LogP contribution in [-0.4, -0.2) is 10.6 Å². The van der Waals surface area contributed by atoms with Crippen LogP contribution in [0.3, 0.4) is 0 Å². The zero-order valence-corrected chi connectivity index (χ0v) is 14.1. The molecule has 0 heterocycles. The lowest BCUT2D eigenvalue weighted by atomic mass is 9.89. The van der Waals surface area contributed by atoms with Crippen molar-refractivity contribution >= 4 is 65.3 Å². The Balaban J connectivity index is 2.14. The summed E-state index contributed by atoms with van der Waals surface area (Å²) in [6.07, 6.45) is 2.02. The maximum Gasteiger partial charge on any atom is 0.182 e. The Hall–Kier alpha value is -1.45. The number of Topliss-reactive ketones (excluding diaryl/α,β-unsaturated/α-hetero) is 1. The van der Waals surface area contributed by atoms with Gasteiger partial charge in [-0.25, -0.2) is 0 Å². The zero-order chi connectivity index (χ0) is 14.6. The summed E-state index contributed by atoms with van der Waals surface area (Å²) in [5.74, 6) is 0.111. The molecular weight excluding hydrogens is 392 g/mol. The Morgan fingerprint density at radius 3 is 2.38 bits per heavy atom. The Labute approximate surface area is 138 Å². The topological polar surface area (TPSA) is 17.1 Å². The standard InChI is InChI=1S/C18H10Br2O/c19-15-9-13-6-5-12-7-10-3-1-2-4-11(10)8-14(12)16(13)18(21)17(15)20/h1-9,17H. The van der Waals surface area contributed by atoms with Crippen molar-refractivity contribution in [3.63, 3.8) is 0 Å². The third kappa shape index (κ3) is 1.99. The first kappa shape index (κ1) is 13.2. The van der Waals surface area contributed by atoms with Crippen LogP contribution in [0.15, 0.2) is 53.0 Å². The summed E-state index contributed by atoms with van der Waals surface area (Å²) in [7, 11) is 0. The first-order chi connectivity index (χ1) is 10.1. The van der Waals surface area contributed by atoms with Gasteiger partial charge in [0.1, 0.15) is 4.83 Å². The Morgan fingerprint density at radius 1 is 0.905 bits per heavy atom. The molecule has 1 aliphatic rings. The zero-order valence-electron chi connectivity index (χ0n) is 10.9. The van der Waals surface area contributed by atoms with Crippen molar-refractivity contribution in [2.75, 3.05) is 0 Å². The number of alkyl halides is 1. The van der Waals surface area contributed by atoms with Crippen LogP contribution in [0.2, 0.25) is 0 Å². The molecule has 1 nitrogen and oxygen atoms in total. The molecule has 1 unspecified atom stereocenters. The normalized spacial score (nSPS) is 17.9. The van der Waals surface area contributed by atoms with E-state index in [2.05, 4.69) is 62.2 Å². The lowest BCUT2D eigenvalue weighted by molar-refractivity contribution is 0.100. The molecule has 1 aliphatic carbocycles. The van der Waals surface area contributed by atoms with Crippen molar-refractivity contribution in [2.24, 2.45) is 0 Å². The van der Waals surface area contributed by atoms with Crippen LogP contribution in [0, 0.1) is 0 Å². The number of hydrogen-bond donors (Lipinski definition) is 0. The van der Waals surface area contributed by atoms with E-state index in [0.717, 1.165) is 31.8 Å². The highest BCUT2D eigenvalue weighted by Gasteiger charge is 2.28. The summed E-state index contributed by atoms with van der Waals surface area (Å²) in [5.41, 5.74) is 1.79. The number of hydrogen-bond acceptors (Lipinski definition) is 1. The van der Waals surface area contributed by atoms with E-state index in [1.807, 2.05) is 24.3 Å². The molecule has 3 aromatic rings. The molecule has 1 atom stereocenters. The van der Waals surface area contributed by atoms with Gasteiger partial charge in [-0.15, -0.1) is 0 Å². The number of rotatable bonds is 0. The van der Waals surface area contributed by atoms with E-state index in [4.69, 9.17) is 0 Å². The van der Waals surface area contributed by atoms with Gasteiger partial charge < -0.3 is 0 Å². The number of fused-ring (bicyclic) bond motifs is 4. The van der Waals surface area contributed by atoms with Crippen LogP contribution in [0.1, 0.15) is 15.9 Å². The molecule has 0 bridgehead atoms. The number of carbonyl (C=O) groups excluding carboxylic acids is 1. The van der Waals surface area contributed by atoms with Gasteiger partial charge in [0.25, 0.3) is 0 Å². The molecule has 21 heavy (non-hydrogen) atoms. The SMILES string of the molecule is O=C1c2c(ccc3cc4ccccc4cc23)C=C(Br)C1Br. The van der Waals surface area contributed by atoms with E-state index >= 15 is 0 Å². The molecule has 0 radical (unpaired) electrons. The predicted molar refractivity (Wildman–Crippen MR) is 95.4 cm³/mol. The number of ketones is 1. The third-order valence-corrected chi connectivity index (χ3v) is 6.14. The summed E-state index contributed by atoms with van der Waals surface area (Å²) in [4.78, 5) is 12.4. The molecule has 0 amide bonds. The molecular formula is C18H10Br2O. The van der Waals surface area contributed by atoms with Crippen LogP contribution in [-0.2, 0) is 0 Å². The first-order valence-corrected chi connectivity index (χ1v) is 8.37. The second-order valence-electron chi connectivity index (χ2n) is 5.21. The number of allylic oxidation sites excluding steroid dienone is 1. The van der Waals surface area contributed by atoms with Crippen molar-refractivity contribution in [1.82, 2.24) is 0 Å². The van der Waals surface area contributed by atoms with E-state index in [1.54, 1.807) is 0 Å². The summed E-state index contributed by atoms with van der Waals surface area (Å²) < 4.78 is 0.875. The fourth-order valence-corrected chi connectivity index (χ4v) is 3.72. The van der Waals surface area contributed by atoms with Crippen molar-refractivity contribution in [1.29, 1.82) is 0 Å². The summed E-state index contributed by atoms with van der Waals surface area (Å²) in [6, 6.07) is 16.6. The van der Waals surface area contributed by atoms with Crippen molar-refractivity contribution in [2.45, 2.75) is 4.83 Å². The van der Waals surface area contributed by atoms with Gasteiger partial charge in [-0.3, -0.25) is 4.79 Å². The highest BCUT2D eigenvalue weighted by molar-refractivity contribution is 9.14. The van der Waals surface area contributed by atoms with E-state index in [9.17, 15) is 4.79 Å². The third-order valence-electron chi connectivity index (χ3n) is 3.93. The maximum absolute atomic E-state index is 12.7. The highest BCUT2D eigenvalue weighted by Crippen LogP contribution is 2.37. The molecule has 0 spiro atoms. The lowest BCUT2D eigenvalue weighted by Crippen LogP contribution is -2.19. The minimum absolute atomic E-state index is 0.111. The molecule has 0 fully saturated rings. The Morgan fingerprint density at radius 2 is 1.62 bits per heavy atom. The van der Waals surface area contributed by atoms with Gasteiger partial charge in [-0.1, -0.05) is 68.3 Å². The van der Waals surface area contributed by atoms with E-state index < -0.39 is 0 Å². The van der Waals surface area contributed by atoms with Crippen molar-refractivity contribution < 1.29 is 4.79 Å². The highest BCUT2D eigenvalue weighted by atomic mass is 79.9. The average molecular weight is 402 g/mol. The van der Waals surface area contributed by atoms with E-state index in [0.29, 0.717) is 0 Å². The van der Waals surface area contributed by atoms with Crippen LogP contribution >= 0.6 is 31.9 Å². The number of benzene rings is 3. The predicted octanol–water partition coefficient (Wildman–Crippen LogP) is 5.69. The summed E-state index contributed by atoms with van der Waals surface area (Å²) in [6.45, 7) is 0. The fraction of sp³-hybridized carbons (Fsp3) is 0.0556. The molecule has 0 aromatic heterocycles. The van der Waals surface area contributed by atoms with E-state index in [1.165, 1.54) is 5.39 Å². The smallest absolute Gasteiger partial charge is 0.182 e. The monoisotopic (exact) mass is 400 g/mol. The van der Waals surface area contributed by atoms with Crippen molar-refractivity contribution in [3.05, 3.63) is 64.1 Å². The molecule has 3 heteroatoms. The lowest BCUT2D eigenvalue weighted by Gasteiger charge is -2.19. The van der Waals surface area contributed by atoms with Gasteiger partial charge in [-0.2, -0.15) is 0 Å². The second-order valence-corrected chi connectivity index (χ2v) is 7.04. The molecule has 102 valence electrons. The molecule has 0 saturated heterocycles. The minimum Gasteiger partial charge on any atom is -0.292 e. The van der Waals surface area contributed by atoms with Crippen LogP contribution in [0.5, 0.6) is 0 Å². The van der Waals surface area contributed by atoms with Gasteiger partial charge in [0.2, 0.25) is 0 Å². The molecule has 4 rings (SSSR count). The molecule has 0 aliphatic heterocycles. The second kappa shape index (κ2) is 4.79. The van der Waals surface area contributed by atoms with Gasteiger partial charge >= 0.3 is 0 Å². The van der Waals surface area contributed by atoms with Gasteiger partial charge in [-0.05, 0) is 45.3 Å². The molecule has 0 N–H and O–H groups in total. The number of halogens is 2. The minimum atomic E-state index is -0.290. The Bertz CT molecular complexity index is 941. The molecule has 0 saturated carbocycles. The average Bonchev–Trinajstić information content (AvgIpc) is 2.50. The Kier molecular flexibility index (Phi) is 3.02. The summed E-state index contributed by atoms with van der Waals surface area (Å²) in [5, 5.41) is 4.48. The van der Waals surface area contributed by atoms with Crippen LogP contribution in [0.4, 0.5) is 0 Å². The number of carbonyl (C=O) groups is 1. The maximum atomic E-state index is 12.7. The van der Waals surface area contributed by atoms with Crippen LogP contribution in [0.25, 0.3) is 27.6 Å². The van der Waals surface area contributed by atoms with Gasteiger partial charge in [0.05, 0.1) is 0 Å². The first-order valence-electron chi connectivity index (χ1n) is 6.66. The largest absolute Gasteiger partial charge is 0.292 e. The van der Waals surface area contributed by atoms with E-state index in [-0.39, 0.29) is 10.6 Å².